The third kappa shape index (κ3) is 2.54. The van der Waals surface area contributed by atoms with Crippen molar-refractivity contribution >= 4 is 27.5 Å². The fourth-order valence-electron chi connectivity index (χ4n) is 1.55. The minimum Gasteiger partial charge on any atom is -0.476 e. The molecular formula is C13H15N3OS. The molecule has 18 heavy (non-hydrogen) atoms. The second-order valence-electron chi connectivity index (χ2n) is 3.69. The van der Waals surface area contributed by atoms with Crippen molar-refractivity contribution < 1.29 is 4.74 Å². The average Bonchev–Trinajstić information content (AvgIpc) is 2.81. The van der Waals surface area contributed by atoms with Gasteiger partial charge in [0.05, 0.1) is 5.39 Å². The number of nitrogens with zero attached hydrogens (tertiary/aromatic N) is 2. The van der Waals surface area contributed by atoms with Gasteiger partial charge in [0.1, 0.15) is 11.4 Å². The predicted molar refractivity (Wildman–Crippen MR) is 75.3 cm³/mol. The number of hydrogen-bond acceptors (Lipinski definition) is 5. The van der Waals surface area contributed by atoms with E-state index in [1.54, 1.807) is 18.4 Å². The fourth-order valence-corrected chi connectivity index (χ4v) is 2.51. The van der Waals surface area contributed by atoms with Crippen LogP contribution in [-0.2, 0) is 6.42 Å². The summed E-state index contributed by atoms with van der Waals surface area (Å²) in [7, 11) is 1.79. The number of thiophene rings is 1. The van der Waals surface area contributed by atoms with Gasteiger partial charge in [0.2, 0.25) is 11.8 Å². The van der Waals surface area contributed by atoms with Crippen LogP contribution < -0.4 is 10.1 Å². The van der Waals surface area contributed by atoms with Gasteiger partial charge in [0.25, 0.3) is 0 Å². The van der Waals surface area contributed by atoms with Crippen LogP contribution in [0.3, 0.4) is 0 Å². The van der Waals surface area contributed by atoms with Crippen molar-refractivity contribution in [1.29, 1.82) is 0 Å². The molecule has 2 heterocycles. The zero-order valence-electron chi connectivity index (χ0n) is 10.5. The molecule has 0 unspecified atom stereocenters. The Morgan fingerprint density at radius 1 is 1.50 bits per heavy atom. The minimum atomic E-state index is 0.475. The Morgan fingerprint density at radius 3 is 3.00 bits per heavy atom. The number of aromatic nitrogens is 2. The van der Waals surface area contributed by atoms with Crippen molar-refractivity contribution in [3.8, 4) is 18.2 Å². The van der Waals surface area contributed by atoms with E-state index in [4.69, 9.17) is 11.2 Å². The monoisotopic (exact) mass is 261 g/mol. The van der Waals surface area contributed by atoms with Crippen molar-refractivity contribution in [2.45, 2.75) is 19.8 Å². The molecule has 4 nitrogen and oxygen atoms in total. The molecule has 2 aromatic rings. The van der Waals surface area contributed by atoms with E-state index in [-0.39, 0.29) is 0 Å². The lowest BCUT2D eigenvalue weighted by molar-refractivity contribution is 0.319. The minimum absolute atomic E-state index is 0.475. The van der Waals surface area contributed by atoms with E-state index in [0.717, 1.165) is 16.6 Å². The topological polar surface area (TPSA) is 47.0 Å². The van der Waals surface area contributed by atoms with E-state index >= 15 is 0 Å². The van der Waals surface area contributed by atoms with Crippen molar-refractivity contribution in [2.24, 2.45) is 0 Å². The van der Waals surface area contributed by atoms with Crippen LogP contribution in [0, 0.1) is 12.3 Å². The molecule has 0 aliphatic carbocycles. The number of hydrogen-bond donors (Lipinski definition) is 1. The third-order valence-corrected chi connectivity index (χ3v) is 3.64. The summed E-state index contributed by atoms with van der Waals surface area (Å²) in [6.45, 7) is 2.60. The fraction of sp³-hybridized carbons (Fsp3) is 0.385. The second kappa shape index (κ2) is 5.69. The first-order chi connectivity index (χ1) is 8.78. The summed E-state index contributed by atoms with van der Waals surface area (Å²) in [6, 6.07) is 2.09. The van der Waals surface area contributed by atoms with Crippen LogP contribution >= 0.6 is 11.3 Å². The molecule has 2 aromatic heterocycles. The number of aryl methyl sites for hydroxylation is 1. The molecule has 0 fully saturated rings. The van der Waals surface area contributed by atoms with E-state index in [1.165, 1.54) is 4.88 Å². The van der Waals surface area contributed by atoms with Crippen LogP contribution in [0.2, 0.25) is 0 Å². The highest BCUT2D eigenvalue weighted by Gasteiger charge is 2.11. The SMILES string of the molecule is C#CCCOc1nc(NC)nc2sc(CC)cc12. The summed E-state index contributed by atoms with van der Waals surface area (Å²) in [6.07, 6.45) is 6.77. The highest BCUT2D eigenvalue weighted by atomic mass is 32.1. The van der Waals surface area contributed by atoms with Crippen LogP contribution in [-0.4, -0.2) is 23.6 Å². The zero-order chi connectivity index (χ0) is 13.0. The van der Waals surface area contributed by atoms with Crippen molar-refractivity contribution in [3.63, 3.8) is 0 Å². The number of terminal acetylenes is 1. The van der Waals surface area contributed by atoms with Crippen LogP contribution in [0.25, 0.3) is 10.2 Å². The molecular weight excluding hydrogens is 246 g/mol. The van der Waals surface area contributed by atoms with Crippen molar-refractivity contribution in [1.82, 2.24) is 9.97 Å². The summed E-state index contributed by atoms with van der Waals surface area (Å²) in [5, 5.41) is 3.91. The average molecular weight is 261 g/mol. The molecule has 2 rings (SSSR count). The maximum absolute atomic E-state index is 5.63. The number of anilines is 1. The molecule has 0 aromatic carbocycles. The van der Waals surface area contributed by atoms with Crippen LogP contribution in [0.1, 0.15) is 18.2 Å². The highest BCUT2D eigenvalue weighted by Crippen LogP contribution is 2.31. The highest BCUT2D eigenvalue weighted by molar-refractivity contribution is 7.18. The maximum atomic E-state index is 5.63. The summed E-state index contributed by atoms with van der Waals surface area (Å²) in [5.74, 6) is 3.73. The van der Waals surface area contributed by atoms with E-state index in [9.17, 15) is 0 Å². The van der Waals surface area contributed by atoms with E-state index in [0.29, 0.717) is 24.9 Å². The Morgan fingerprint density at radius 2 is 2.33 bits per heavy atom. The first kappa shape index (κ1) is 12.7. The number of fused-ring (bicyclic) bond motifs is 1. The van der Waals surface area contributed by atoms with Gasteiger partial charge in [0, 0.05) is 18.3 Å². The Bertz CT molecular complexity index is 586. The quantitative estimate of drug-likeness (QED) is 0.664. The van der Waals surface area contributed by atoms with Gasteiger partial charge in [-0.1, -0.05) is 6.92 Å². The first-order valence-corrected chi connectivity index (χ1v) is 6.64. The lowest BCUT2D eigenvalue weighted by Gasteiger charge is -2.06. The van der Waals surface area contributed by atoms with Crippen molar-refractivity contribution in [2.75, 3.05) is 19.0 Å². The van der Waals surface area contributed by atoms with Gasteiger partial charge in [-0.3, -0.25) is 0 Å². The van der Waals surface area contributed by atoms with Gasteiger partial charge < -0.3 is 10.1 Å². The molecule has 5 heteroatoms. The number of rotatable bonds is 5. The molecule has 0 aliphatic heterocycles. The van der Waals surface area contributed by atoms with E-state index in [1.807, 2.05) is 0 Å². The lowest BCUT2D eigenvalue weighted by Crippen LogP contribution is -2.02. The molecule has 0 amide bonds. The summed E-state index contributed by atoms with van der Waals surface area (Å²) in [4.78, 5) is 11.0. The van der Waals surface area contributed by atoms with Gasteiger partial charge in [-0.15, -0.1) is 23.7 Å². The van der Waals surface area contributed by atoms with Gasteiger partial charge in [0.15, 0.2) is 0 Å². The second-order valence-corrected chi connectivity index (χ2v) is 4.81. The first-order valence-electron chi connectivity index (χ1n) is 5.83. The molecule has 0 aliphatic rings. The van der Waals surface area contributed by atoms with E-state index < -0.39 is 0 Å². The number of nitrogens with one attached hydrogen (secondary N) is 1. The Hall–Kier alpha value is -1.80. The molecule has 94 valence electrons. The van der Waals surface area contributed by atoms with Gasteiger partial charge in [-0.2, -0.15) is 4.98 Å². The standard InChI is InChI=1S/C13H15N3OS/c1-4-6-7-17-11-10-8-9(5-2)18-12(10)16-13(14-3)15-11/h1,8H,5-7H2,2-3H3,(H,14,15,16). The van der Waals surface area contributed by atoms with Crippen molar-refractivity contribution in [3.05, 3.63) is 10.9 Å². The third-order valence-electron chi connectivity index (χ3n) is 2.47. The molecule has 0 spiro atoms. The Balaban J connectivity index is 2.41. The molecule has 0 saturated carbocycles. The summed E-state index contributed by atoms with van der Waals surface area (Å²) >= 11 is 1.67. The molecule has 0 radical (unpaired) electrons. The molecule has 0 bridgehead atoms. The Kier molecular flexibility index (Phi) is 4.00. The van der Waals surface area contributed by atoms with Crippen LogP contribution in [0.15, 0.2) is 6.07 Å². The summed E-state index contributed by atoms with van der Waals surface area (Å²) in [5.41, 5.74) is 0. The molecule has 0 saturated heterocycles. The Labute approximate surface area is 110 Å². The summed E-state index contributed by atoms with van der Waals surface area (Å²) < 4.78 is 5.63. The lowest BCUT2D eigenvalue weighted by atomic mass is 10.3. The predicted octanol–water partition coefficient (Wildman–Crippen LogP) is 2.70. The van der Waals surface area contributed by atoms with Crippen LogP contribution in [0.4, 0.5) is 5.95 Å². The number of ether oxygens (including phenoxy) is 1. The smallest absolute Gasteiger partial charge is 0.227 e. The molecule has 0 atom stereocenters. The van der Waals surface area contributed by atoms with Crippen LogP contribution in [0.5, 0.6) is 5.88 Å². The largest absolute Gasteiger partial charge is 0.476 e. The zero-order valence-corrected chi connectivity index (χ0v) is 11.3. The normalized spacial score (nSPS) is 10.3. The molecule has 1 N–H and O–H groups in total. The van der Waals surface area contributed by atoms with Gasteiger partial charge >= 0.3 is 0 Å². The maximum Gasteiger partial charge on any atom is 0.227 e. The van der Waals surface area contributed by atoms with Gasteiger partial charge in [-0.05, 0) is 12.5 Å². The van der Waals surface area contributed by atoms with E-state index in [2.05, 4.69) is 34.2 Å². The van der Waals surface area contributed by atoms with Gasteiger partial charge in [-0.25, -0.2) is 4.98 Å².